The van der Waals surface area contributed by atoms with Gasteiger partial charge in [0.2, 0.25) is 5.92 Å². The third-order valence-electron chi connectivity index (χ3n) is 3.53. The molecule has 1 aliphatic rings. The van der Waals surface area contributed by atoms with Gasteiger partial charge in [0, 0.05) is 25.2 Å². The molecule has 0 spiro atoms. The van der Waals surface area contributed by atoms with Crippen LogP contribution in [0.2, 0.25) is 5.02 Å². The van der Waals surface area contributed by atoms with Gasteiger partial charge < -0.3 is 5.11 Å². The molecule has 1 fully saturated rings. The number of aliphatic carboxylic acids is 1. The molecule has 3 nitrogen and oxygen atoms in total. The number of alkyl halides is 2. The molecule has 0 radical (unpaired) electrons. The van der Waals surface area contributed by atoms with E-state index >= 15 is 0 Å². The topological polar surface area (TPSA) is 50.2 Å². The van der Waals surface area contributed by atoms with Crippen molar-refractivity contribution in [2.45, 2.75) is 37.0 Å². The molecule has 1 aliphatic carbocycles. The van der Waals surface area contributed by atoms with Crippen LogP contribution in [0, 0.1) is 0 Å². The first-order valence-corrected chi connectivity index (χ1v) is 5.96. The fourth-order valence-corrected chi connectivity index (χ4v) is 2.70. The predicted octanol–water partition coefficient (Wildman–Crippen LogP) is 3.27. The number of hydrogen-bond donors (Lipinski definition) is 1. The van der Waals surface area contributed by atoms with Crippen molar-refractivity contribution in [3.63, 3.8) is 0 Å². The molecule has 0 saturated heterocycles. The minimum atomic E-state index is -2.78. The normalized spacial score (nSPS) is 21.5. The number of nitrogens with zero attached hydrogens (tertiary/aromatic N) is 1. The van der Waals surface area contributed by atoms with E-state index in [2.05, 4.69) is 4.98 Å². The molecule has 2 rings (SSSR count). The highest BCUT2D eigenvalue weighted by atomic mass is 35.5. The highest BCUT2D eigenvalue weighted by Crippen LogP contribution is 2.47. The zero-order valence-corrected chi connectivity index (χ0v) is 10.3. The first-order valence-electron chi connectivity index (χ1n) is 5.59. The van der Waals surface area contributed by atoms with Crippen LogP contribution in [0.3, 0.4) is 0 Å². The second kappa shape index (κ2) is 4.46. The Labute approximate surface area is 108 Å². The second-order valence-corrected chi connectivity index (χ2v) is 5.01. The van der Waals surface area contributed by atoms with Crippen LogP contribution < -0.4 is 0 Å². The van der Waals surface area contributed by atoms with Crippen molar-refractivity contribution in [1.29, 1.82) is 0 Å². The summed E-state index contributed by atoms with van der Waals surface area (Å²) in [5.41, 5.74) is -0.941. The molecule has 1 saturated carbocycles. The smallest absolute Gasteiger partial charge is 0.314 e. The van der Waals surface area contributed by atoms with E-state index in [4.69, 9.17) is 11.6 Å². The number of pyridine rings is 1. The highest BCUT2D eigenvalue weighted by molar-refractivity contribution is 6.31. The average Bonchev–Trinajstić information content (AvgIpc) is 2.30. The van der Waals surface area contributed by atoms with Gasteiger partial charge in [0.25, 0.3) is 0 Å². The van der Waals surface area contributed by atoms with E-state index < -0.39 is 30.1 Å². The molecule has 0 unspecified atom stereocenters. The number of carbonyl (C=O) groups is 1. The maximum atomic E-state index is 13.2. The van der Waals surface area contributed by atoms with Gasteiger partial charge in [-0.05, 0) is 24.5 Å². The molecule has 18 heavy (non-hydrogen) atoms. The number of rotatable bonds is 2. The van der Waals surface area contributed by atoms with Gasteiger partial charge in [0.15, 0.2) is 0 Å². The first kappa shape index (κ1) is 13.2. The fraction of sp³-hybridized carbons (Fsp3) is 0.500. The Bertz CT molecular complexity index is 469. The van der Waals surface area contributed by atoms with Crippen molar-refractivity contribution >= 4 is 17.6 Å². The number of hydrogen-bond acceptors (Lipinski definition) is 2. The SMILES string of the molecule is O=C(O)C1(c2ccncc2Cl)CCC(F)(F)CC1. The average molecular weight is 276 g/mol. The molecule has 1 heterocycles. The maximum absolute atomic E-state index is 13.2. The molecule has 0 aromatic carbocycles. The minimum absolute atomic E-state index is 0.112. The largest absolute Gasteiger partial charge is 0.481 e. The van der Waals surface area contributed by atoms with Crippen LogP contribution in [-0.2, 0) is 10.2 Å². The summed E-state index contributed by atoms with van der Waals surface area (Å²) in [6.07, 6.45) is 1.68. The molecule has 1 aromatic rings. The van der Waals surface area contributed by atoms with Crippen LogP contribution in [0.1, 0.15) is 31.2 Å². The van der Waals surface area contributed by atoms with Gasteiger partial charge in [-0.15, -0.1) is 0 Å². The van der Waals surface area contributed by atoms with Crippen LogP contribution in [0.25, 0.3) is 0 Å². The third kappa shape index (κ3) is 2.19. The van der Waals surface area contributed by atoms with Gasteiger partial charge in [0.05, 0.1) is 10.4 Å². The molecule has 1 N–H and O–H groups in total. The lowest BCUT2D eigenvalue weighted by Gasteiger charge is -2.37. The van der Waals surface area contributed by atoms with E-state index in [1.807, 2.05) is 0 Å². The maximum Gasteiger partial charge on any atom is 0.314 e. The molecule has 0 amide bonds. The van der Waals surface area contributed by atoms with Gasteiger partial charge in [-0.2, -0.15) is 0 Å². The van der Waals surface area contributed by atoms with Crippen molar-refractivity contribution in [2.75, 3.05) is 0 Å². The van der Waals surface area contributed by atoms with Crippen LogP contribution in [-0.4, -0.2) is 22.0 Å². The van der Waals surface area contributed by atoms with Gasteiger partial charge in [0.1, 0.15) is 0 Å². The van der Waals surface area contributed by atoms with E-state index in [0.717, 1.165) is 0 Å². The summed E-state index contributed by atoms with van der Waals surface area (Å²) in [6.45, 7) is 0. The number of carboxylic acid groups (broad SMARTS) is 1. The Hall–Kier alpha value is -1.23. The summed E-state index contributed by atoms with van der Waals surface area (Å²) in [5.74, 6) is -3.88. The lowest BCUT2D eigenvalue weighted by atomic mass is 9.68. The third-order valence-corrected chi connectivity index (χ3v) is 3.83. The Kier molecular flexibility index (Phi) is 3.27. The van der Waals surface area contributed by atoms with E-state index in [1.165, 1.54) is 18.5 Å². The Morgan fingerprint density at radius 1 is 1.33 bits per heavy atom. The number of carboxylic acids is 1. The number of aromatic nitrogens is 1. The molecule has 6 heteroatoms. The van der Waals surface area contributed by atoms with Gasteiger partial charge in [-0.25, -0.2) is 8.78 Å². The molecule has 0 bridgehead atoms. The minimum Gasteiger partial charge on any atom is -0.481 e. The molecule has 0 atom stereocenters. The van der Waals surface area contributed by atoms with E-state index in [9.17, 15) is 18.7 Å². The van der Waals surface area contributed by atoms with E-state index in [1.54, 1.807) is 0 Å². The Balaban J connectivity index is 2.42. The van der Waals surface area contributed by atoms with Gasteiger partial charge >= 0.3 is 5.97 Å². The van der Waals surface area contributed by atoms with Gasteiger partial charge in [-0.1, -0.05) is 11.6 Å². The molecule has 1 aromatic heterocycles. The zero-order chi connectivity index (χ0) is 13.4. The monoisotopic (exact) mass is 275 g/mol. The van der Waals surface area contributed by atoms with Gasteiger partial charge in [-0.3, -0.25) is 9.78 Å². The second-order valence-electron chi connectivity index (χ2n) is 4.60. The summed E-state index contributed by atoms with van der Waals surface area (Å²) >= 11 is 5.95. The Morgan fingerprint density at radius 3 is 2.44 bits per heavy atom. The first-order chi connectivity index (χ1) is 8.37. The summed E-state index contributed by atoms with van der Waals surface area (Å²) in [7, 11) is 0. The lowest BCUT2D eigenvalue weighted by Crippen LogP contribution is -2.43. The summed E-state index contributed by atoms with van der Waals surface area (Å²) < 4.78 is 26.4. The molecular weight excluding hydrogens is 264 g/mol. The van der Waals surface area contributed by atoms with Crippen molar-refractivity contribution in [1.82, 2.24) is 4.98 Å². The van der Waals surface area contributed by atoms with Crippen LogP contribution in [0.15, 0.2) is 18.5 Å². The van der Waals surface area contributed by atoms with Crippen molar-refractivity contribution in [3.05, 3.63) is 29.0 Å². The number of halogens is 3. The summed E-state index contributed by atoms with van der Waals surface area (Å²) in [6, 6.07) is 1.50. The highest BCUT2D eigenvalue weighted by Gasteiger charge is 2.49. The summed E-state index contributed by atoms with van der Waals surface area (Å²) in [5, 5.41) is 9.63. The van der Waals surface area contributed by atoms with E-state index in [-0.39, 0.29) is 17.9 Å². The summed E-state index contributed by atoms with van der Waals surface area (Å²) in [4.78, 5) is 15.3. The van der Waals surface area contributed by atoms with E-state index in [0.29, 0.717) is 5.56 Å². The zero-order valence-electron chi connectivity index (χ0n) is 9.50. The quantitative estimate of drug-likeness (QED) is 0.901. The van der Waals surface area contributed by atoms with Crippen molar-refractivity contribution in [3.8, 4) is 0 Å². The molecule has 0 aliphatic heterocycles. The standard InChI is InChI=1S/C12H12ClF2NO2/c13-9-7-16-6-1-8(9)11(10(17)18)2-4-12(14,15)5-3-11/h1,6-7H,2-5H2,(H,17,18). The fourth-order valence-electron chi connectivity index (χ4n) is 2.40. The lowest BCUT2D eigenvalue weighted by molar-refractivity contribution is -0.149. The molecule has 98 valence electrons. The molecular formula is C12H12ClF2NO2. The van der Waals surface area contributed by atoms with Crippen LogP contribution >= 0.6 is 11.6 Å². The predicted molar refractivity (Wildman–Crippen MR) is 62.0 cm³/mol. The van der Waals surface area contributed by atoms with Crippen LogP contribution in [0.5, 0.6) is 0 Å². The van der Waals surface area contributed by atoms with Crippen molar-refractivity contribution in [2.24, 2.45) is 0 Å². The Morgan fingerprint density at radius 2 is 1.94 bits per heavy atom. The van der Waals surface area contributed by atoms with Crippen molar-refractivity contribution < 1.29 is 18.7 Å². The van der Waals surface area contributed by atoms with Crippen LogP contribution in [0.4, 0.5) is 8.78 Å².